The lowest BCUT2D eigenvalue weighted by atomic mass is 10.2. The fraction of sp³-hybridized carbons (Fsp3) is 0.500. The molecule has 5 heteroatoms. The van der Waals surface area contributed by atoms with Gasteiger partial charge in [0.15, 0.2) is 0 Å². The highest BCUT2D eigenvalue weighted by Crippen LogP contribution is 2.03. The van der Waals surface area contributed by atoms with Gasteiger partial charge in [0.1, 0.15) is 11.5 Å². The van der Waals surface area contributed by atoms with Crippen LogP contribution in [0, 0.1) is 0 Å². The molecule has 17 heavy (non-hydrogen) atoms. The van der Waals surface area contributed by atoms with Crippen molar-refractivity contribution < 1.29 is 4.79 Å². The van der Waals surface area contributed by atoms with Crippen LogP contribution in [0.2, 0.25) is 0 Å². The van der Waals surface area contributed by atoms with Gasteiger partial charge in [0.2, 0.25) is 0 Å². The van der Waals surface area contributed by atoms with Gasteiger partial charge < -0.3 is 15.5 Å². The summed E-state index contributed by atoms with van der Waals surface area (Å²) in [5, 5.41) is 5.82. The standard InChI is InChI=1S/C12H20N4O/c1-9(8-16(3)4)14-12(17)10-6-5-7-11(13-2)15-10/h5-7,9H,8H2,1-4H3,(H,13,15)(H,14,17). The first-order valence-corrected chi connectivity index (χ1v) is 5.63. The van der Waals surface area contributed by atoms with Crippen LogP contribution in [0.1, 0.15) is 17.4 Å². The van der Waals surface area contributed by atoms with Crippen LogP contribution in [-0.2, 0) is 0 Å². The van der Waals surface area contributed by atoms with Gasteiger partial charge in [0, 0.05) is 19.6 Å². The molecule has 0 aromatic carbocycles. The quantitative estimate of drug-likeness (QED) is 0.794. The number of nitrogens with one attached hydrogen (secondary N) is 2. The molecular weight excluding hydrogens is 216 g/mol. The minimum Gasteiger partial charge on any atom is -0.373 e. The lowest BCUT2D eigenvalue weighted by Gasteiger charge is -2.18. The molecule has 1 unspecified atom stereocenters. The molecule has 0 saturated heterocycles. The van der Waals surface area contributed by atoms with Crippen molar-refractivity contribution in [1.29, 1.82) is 0 Å². The fourth-order valence-electron chi connectivity index (χ4n) is 1.59. The normalized spacial score (nSPS) is 12.3. The largest absolute Gasteiger partial charge is 0.373 e. The second-order valence-corrected chi connectivity index (χ2v) is 4.29. The van der Waals surface area contributed by atoms with Crippen molar-refractivity contribution in [3.63, 3.8) is 0 Å². The number of likely N-dealkylation sites (N-methyl/N-ethyl adjacent to an activating group) is 1. The van der Waals surface area contributed by atoms with Crippen LogP contribution < -0.4 is 10.6 Å². The molecule has 1 atom stereocenters. The lowest BCUT2D eigenvalue weighted by molar-refractivity contribution is 0.0929. The third-order valence-electron chi connectivity index (χ3n) is 2.25. The van der Waals surface area contributed by atoms with Crippen LogP contribution in [0.4, 0.5) is 5.82 Å². The van der Waals surface area contributed by atoms with Crippen molar-refractivity contribution in [2.24, 2.45) is 0 Å². The van der Waals surface area contributed by atoms with Gasteiger partial charge in [-0.3, -0.25) is 4.79 Å². The predicted octanol–water partition coefficient (Wildman–Crippen LogP) is 0.803. The molecule has 0 bridgehead atoms. The van der Waals surface area contributed by atoms with E-state index in [0.29, 0.717) is 11.5 Å². The van der Waals surface area contributed by atoms with Crippen molar-refractivity contribution in [3.8, 4) is 0 Å². The van der Waals surface area contributed by atoms with Gasteiger partial charge in [-0.25, -0.2) is 4.98 Å². The highest BCUT2D eigenvalue weighted by Gasteiger charge is 2.11. The first kappa shape index (κ1) is 13.4. The Balaban J connectivity index is 2.63. The van der Waals surface area contributed by atoms with Crippen LogP contribution in [0.5, 0.6) is 0 Å². The molecule has 2 N–H and O–H groups in total. The summed E-state index contributed by atoms with van der Waals surface area (Å²) in [6.07, 6.45) is 0. The van der Waals surface area contributed by atoms with Crippen LogP contribution in [0.3, 0.4) is 0 Å². The highest BCUT2D eigenvalue weighted by molar-refractivity contribution is 5.92. The van der Waals surface area contributed by atoms with E-state index in [1.165, 1.54) is 0 Å². The summed E-state index contributed by atoms with van der Waals surface area (Å²) < 4.78 is 0. The smallest absolute Gasteiger partial charge is 0.270 e. The monoisotopic (exact) mass is 236 g/mol. The SMILES string of the molecule is CNc1cccc(C(=O)NC(C)CN(C)C)n1. The van der Waals surface area contributed by atoms with Gasteiger partial charge in [0.05, 0.1) is 0 Å². The van der Waals surface area contributed by atoms with Crippen molar-refractivity contribution in [3.05, 3.63) is 23.9 Å². The van der Waals surface area contributed by atoms with E-state index < -0.39 is 0 Å². The van der Waals surface area contributed by atoms with E-state index in [0.717, 1.165) is 6.54 Å². The summed E-state index contributed by atoms with van der Waals surface area (Å²) in [5.41, 5.74) is 0.433. The number of hydrogen-bond acceptors (Lipinski definition) is 4. The maximum atomic E-state index is 11.9. The summed E-state index contributed by atoms with van der Waals surface area (Å²) in [7, 11) is 5.73. The molecule has 1 aromatic rings. The van der Waals surface area contributed by atoms with E-state index in [2.05, 4.69) is 15.6 Å². The lowest BCUT2D eigenvalue weighted by Crippen LogP contribution is -2.39. The molecule has 0 saturated carbocycles. The van der Waals surface area contributed by atoms with Crippen molar-refractivity contribution in [2.45, 2.75) is 13.0 Å². The molecule has 1 amide bonds. The molecule has 1 rings (SSSR count). The average molecular weight is 236 g/mol. The topological polar surface area (TPSA) is 57.3 Å². The Morgan fingerprint density at radius 1 is 1.47 bits per heavy atom. The fourth-order valence-corrected chi connectivity index (χ4v) is 1.59. The third kappa shape index (κ3) is 4.40. The Bertz CT molecular complexity index is 379. The average Bonchev–Trinajstić information content (AvgIpc) is 2.27. The Kier molecular flexibility index (Phi) is 4.90. The Morgan fingerprint density at radius 2 is 2.18 bits per heavy atom. The van der Waals surface area contributed by atoms with E-state index in [1.54, 1.807) is 13.1 Å². The highest BCUT2D eigenvalue weighted by atomic mass is 16.1. The van der Waals surface area contributed by atoms with Crippen molar-refractivity contribution in [2.75, 3.05) is 33.0 Å². The van der Waals surface area contributed by atoms with E-state index in [9.17, 15) is 4.79 Å². The van der Waals surface area contributed by atoms with Gasteiger partial charge in [-0.15, -0.1) is 0 Å². The number of pyridine rings is 1. The minimum absolute atomic E-state index is 0.0949. The number of carbonyl (C=O) groups is 1. The molecule has 0 radical (unpaired) electrons. The summed E-state index contributed by atoms with van der Waals surface area (Å²) >= 11 is 0. The van der Waals surface area contributed by atoms with Crippen LogP contribution in [0.25, 0.3) is 0 Å². The molecular formula is C12H20N4O. The van der Waals surface area contributed by atoms with Gasteiger partial charge in [0.25, 0.3) is 5.91 Å². The zero-order valence-electron chi connectivity index (χ0n) is 10.8. The van der Waals surface area contributed by atoms with Crippen LogP contribution >= 0.6 is 0 Å². The van der Waals surface area contributed by atoms with Gasteiger partial charge in [-0.05, 0) is 33.2 Å². The summed E-state index contributed by atoms with van der Waals surface area (Å²) in [6.45, 7) is 2.78. The number of hydrogen-bond donors (Lipinski definition) is 2. The molecule has 5 nitrogen and oxygen atoms in total. The zero-order valence-corrected chi connectivity index (χ0v) is 10.8. The van der Waals surface area contributed by atoms with E-state index in [-0.39, 0.29) is 11.9 Å². The number of nitrogens with zero attached hydrogens (tertiary/aromatic N) is 2. The van der Waals surface area contributed by atoms with Crippen LogP contribution in [0.15, 0.2) is 18.2 Å². The number of carbonyl (C=O) groups excluding carboxylic acids is 1. The molecule has 1 heterocycles. The first-order valence-electron chi connectivity index (χ1n) is 5.63. The molecule has 0 fully saturated rings. The number of amides is 1. The van der Waals surface area contributed by atoms with E-state index >= 15 is 0 Å². The minimum atomic E-state index is -0.142. The number of rotatable bonds is 5. The summed E-state index contributed by atoms with van der Waals surface area (Å²) in [5.74, 6) is 0.550. The predicted molar refractivity (Wildman–Crippen MR) is 69.3 cm³/mol. The van der Waals surface area contributed by atoms with Crippen molar-refractivity contribution in [1.82, 2.24) is 15.2 Å². The Labute approximate surface area is 102 Å². The molecule has 0 spiro atoms. The Morgan fingerprint density at radius 3 is 2.76 bits per heavy atom. The number of aromatic nitrogens is 1. The third-order valence-corrected chi connectivity index (χ3v) is 2.25. The summed E-state index contributed by atoms with van der Waals surface area (Å²) in [6, 6.07) is 5.43. The van der Waals surface area contributed by atoms with Gasteiger partial charge in [-0.1, -0.05) is 6.07 Å². The molecule has 94 valence electrons. The Hall–Kier alpha value is -1.62. The molecule has 0 aliphatic carbocycles. The van der Waals surface area contributed by atoms with E-state index in [1.807, 2.05) is 38.1 Å². The summed E-state index contributed by atoms with van der Waals surface area (Å²) in [4.78, 5) is 18.1. The van der Waals surface area contributed by atoms with E-state index in [4.69, 9.17) is 0 Å². The maximum Gasteiger partial charge on any atom is 0.270 e. The molecule has 0 aliphatic heterocycles. The number of anilines is 1. The van der Waals surface area contributed by atoms with Crippen LogP contribution in [-0.4, -0.2) is 49.5 Å². The van der Waals surface area contributed by atoms with Crippen molar-refractivity contribution >= 4 is 11.7 Å². The first-order chi connectivity index (χ1) is 8.02. The second kappa shape index (κ2) is 6.20. The maximum absolute atomic E-state index is 11.9. The van der Waals surface area contributed by atoms with Gasteiger partial charge >= 0.3 is 0 Å². The molecule has 0 aliphatic rings. The van der Waals surface area contributed by atoms with Gasteiger partial charge in [-0.2, -0.15) is 0 Å². The zero-order chi connectivity index (χ0) is 12.8. The molecule has 1 aromatic heterocycles. The second-order valence-electron chi connectivity index (χ2n) is 4.29.